The third-order valence-electron chi connectivity index (χ3n) is 6.08. The van der Waals surface area contributed by atoms with Crippen molar-refractivity contribution in [1.29, 1.82) is 0 Å². The van der Waals surface area contributed by atoms with Crippen molar-refractivity contribution in [2.75, 3.05) is 23.8 Å². The standard InChI is InChI=1S/C29H26ClF2NO6S2/c1-38-28-9-4-5-10-29(28)40(34,35)18-6-17-39-27-8-3-2-7-21(27)20-33(26-19-23(31)13-16-25(26)32)41(36,37)24-14-11-22(30)12-15-24/h2-5,7-16,19H,6,17-18,20H2,1H3. The summed E-state index contributed by atoms with van der Waals surface area (Å²) in [4.78, 5) is -0.103. The summed E-state index contributed by atoms with van der Waals surface area (Å²) >= 11 is 5.91. The van der Waals surface area contributed by atoms with Gasteiger partial charge in [-0.15, -0.1) is 0 Å². The fraction of sp³-hybridized carbons (Fsp3) is 0.172. The highest BCUT2D eigenvalue weighted by Crippen LogP contribution is 2.32. The minimum absolute atomic E-state index is 0.0103. The Balaban J connectivity index is 1.58. The van der Waals surface area contributed by atoms with E-state index in [1.807, 2.05) is 0 Å². The average Bonchev–Trinajstić information content (AvgIpc) is 2.96. The second-order valence-electron chi connectivity index (χ2n) is 8.84. The molecule has 0 saturated heterocycles. The third-order valence-corrected chi connectivity index (χ3v) is 9.94. The summed E-state index contributed by atoms with van der Waals surface area (Å²) in [7, 11) is -6.66. The second-order valence-corrected chi connectivity index (χ2v) is 13.2. The third kappa shape index (κ3) is 7.16. The number of halogens is 3. The number of sulfonamides is 1. The summed E-state index contributed by atoms with van der Waals surface area (Å²) in [6, 6.07) is 20.6. The molecule has 0 aromatic heterocycles. The summed E-state index contributed by atoms with van der Waals surface area (Å²) < 4.78 is 93.8. The zero-order valence-corrected chi connectivity index (χ0v) is 24.2. The zero-order valence-electron chi connectivity index (χ0n) is 21.8. The molecule has 0 aliphatic carbocycles. The van der Waals surface area contributed by atoms with E-state index in [1.165, 1.54) is 37.4 Å². The molecule has 0 bridgehead atoms. The van der Waals surface area contributed by atoms with Crippen LogP contribution in [-0.4, -0.2) is 36.3 Å². The molecule has 0 spiro atoms. The lowest BCUT2D eigenvalue weighted by Crippen LogP contribution is -2.31. The van der Waals surface area contributed by atoms with Crippen molar-refractivity contribution in [2.45, 2.75) is 22.8 Å². The van der Waals surface area contributed by atoms with Gasteiger partial charge < -0.3 is 9.47 Å². The highest BCUT2D eigenvalue weighted by atomic mass is 35.5. The lowest BCUT2D eigenvalue weighted by atomic mass is 10.2. The van der Waals surface area contributed by atoms with Crippen LogP contribution >= 0.6 is 11.6 Å². The fourth-order valence-electron chi connectivity index (χ4n) is 4.06. The van der Waals surface area contributed by atoms with Crippen LogP contribution in [0.15, 0.2) is 101 Å². The quantitative estimate of drug-likeness (QED) is 0.173. The van der Waals surface area contributed by atoms with Crippen LogP contribution in [0.25, 0.3) is 0 Å². The molecule has 0 heterocycles. The van der Waals surface area contributed by atoms with E-state index in [4.69, 9.17) is 21.1 Å². The number of anilines is 1. The van der Waals surface area contributed by atoms with Gasteiger partial charge in [0, 0.05) is 16.7 Å². The lowest BCUT2D eigenvalue weighted by molar-refractivity contribution is 0.314. The van der Waals surface area contributed by atoms with Crippen LogP contribution in [0.2, 0.25) is 5.02 Å². The van der Waals surface area contributed by atoms with E-state index in [-0.39, 0.29) is 40.1 Å². The summed E-state index contributed by atoms with van der Waals surface area (Å²) in [5.74, 6) is -1.48. The van der Waals surface area contributed by atoms with Crippen LogP contribution in [0.4, 0.5) is 14.5 Å². The number of rotatable bonds is 12. The Kier molecular flexibility index (Phi) is 9.52. The summed E-state index contributed by atoms with van der Waals surface area (Å²) in [5, 5.41) is 0.305. The SMILES string of the molecule is COc1ccccc1S(=O)(=O)CCCOc1ccccc1CN(c1cc(F)ccc1F)S(=O)(=O)c1ccc(Cl)cc1. The van der Waals surface area contributed by atoms with Crippen LogP contribution < -0.4 is 13.8 Å². The van der Waals surface area contributed by atoms with Crippen molar-refractivity contribution in [3.05, 3.63) is 113 Å². The van der Waals surface area contributed by atoms with Gasteiger partial charge in [0.05, 0.1) is 36.6 Å². The first kappa shape index (κ1) is 30.3. The van der Waals surface area contributed by atoms with Gasteiger partial charge in [0.2, 0.25) is 0 Å². The van der Waals surface area contributed by atoms with Crippen molar-refractivity contribution in [3.8, 4) is 11.5 Å². The molecule has 0 radical (unpaired) electrons. The van der Waals surface area contributed by atoms with E-state index >= 15 is 0 Å². The normalized spacial score (nSPS) is 11.7. The molecule has 4 aromatic carbocycles. The first-order valence-electron chi connectivity index (χ1n) is 12.3. The van der Waals surface area contributed by atoms with Gasteiger partial charge in [-0.05, 0) is 61.0 Å². The maximum atomic E-state index is 14.9. The van der Waals surface area contributed by atoms with Crippen LogP contribution in [0.5, 0.6) is 11.5 Å². The molecule has 0 N–H and O–H groups in total. The molecule has 0 amide bonds. The van der Waals surface area contributed by atoms with Crippen molar-refractivity contribution in [2.24, 2.45) is 0 Å². The minimum atomic E-state index is -4.39. The Bertz CT molecular complexity index is 1730. The molecule has 0 aliphatic rings. The first-order valence-corrected chi connectivity index (χ1v) is 15.8. The number of ether oxygens (including phenoxy) is 2. The smallest absolute Gasteiger partial charge is 0.264 e. The van der Waals surface area contributed by atoms with E-state index in [9.17, 15) is 25.6 Å². The Morgan fingerprint density at radius 1 is 0.829 bits per heavy atom. The monoisotopic (exact) mass is 621 g/mol. The predicted molar refractivity (Wildman–Crippen MR) is 153 cm³/mol. The summed E-state index contributed by atoms with van der Waals surface area (Å²) in [5.41, 5.74) is -0.140. The maximum absolute atomic E-state index is 14.9. The van der Waals surface area contributed by atoms with Gasteiger partial charge in [-0.25, -0.2) is 25.6 Å². The number of nitrogens with zero attached hydrogens (tertiary/aromatic N) is 1. The fourth-order valence-corrected chi connectivity index (χ4v) is 7.09. The van der Waals surface area contributed by atoms with E-state index in [0.717, 1.165) is 22.5 Å². The van der Waals surface area contributed by atoms with Crippen LogP contribution in [-0.2, 0) is 26.4 Å². The molecular formula is C29H26ClF2NO6S2. The maximum Gasteiger partial charge on any atom is 0.264 e. The summed E-state index contributed by atoms with van der Waals surface area (Å²) in [6.07, 6.45) is 0.125. The van der Waals surface area contributed by atoms with Crippen molar-refractivity contribution in [1.82, 2.24) is 0 Å². The summed E-state index contributed by atoms with van der Waals surface area (Å²) in [6.45, 7) is -0.412. The topological polar surface area (TPSA) is 90.0 Å². The Labute approximate surface area is 242 Å². The van der Waals surface area contributed by atoms with Crippen molar-refractivity contribution in [3.63, 3.8) is 0 Å². The average molecular weight is 622 g/mol. The second kappa shape index (κ2) is 12.9. The first-order chi connectivity index (χ1) is 19.5. The molecule has 7 nitrogen and oxygen atoms in total. The van der Waals surface area contributed by atoms with Gasteiger partial charge in [0.15, 0.2) is 9.84 Å². The van der Waals surface area contributed by atoms with Crippen LogP contribution in [0.3, 0.4) is 0 Å². The number of sulfone groups is 1. The molecule has 0 saturated carbocycles. The molecule has 0 fully saturated rings. The zero-order chi connectivity index (χ0) is 29.6. The number of hydrogen-bond donors (Lipinski definition) is 0. The van der Waals surface area contributed by atoms with E-state index in [0.29, 0.717) is 10.6 Å². The molecular weight excluding hydrogens is 596 g/mol. The molecule has 0 unspecified atom stereocenters. The largest absolute Gasteiger partial charge is 0.495 e. The van der Waals surface area contributed by atoms with Crippen LogP contribution in [0.1, 0.15) is 12.0 Å². The van der Waals surface area contributed by atoms with Gasteiger partial charge in [0.1, 0.15) is 28.0 Å². The van der Waals surface area contributed by atoms with Gasteiger partial charge >= 0.3 is 0 Å². The molecule has 216 valence electrons. The molecule has 4 aromatic rings. The molecule has 0 aliphatic heterocycles. The minimum Gasteiger partial charge on any atom is -0.495 e. The van der Waals surface area contributed by atoms with Gasteiger partial charge in [0.25, 0.3) is 10.0 Å². The lowest BCUT2D eigenvalue weighted by Gasteiger charge is -2.26. The van der Waals surface area contributed by atoms with Gasteiger partial charge in [-0.3, -0.25) is 4.31 Å². The Morgan fingerprint density at radius 2 is 1.49 bits per heavy atom. The number of para-hydroxylation sites is 2. The molecule has 4 rings (SSSR count). The molecule has 0 atom stereocenters. The number of hydrogen-bond acceptors (Lipinski definition) is 6. The molecule has 41 heavy (non-hydrogen) atoms. The molecule has 12 heteroatoms. The Morgan fingerprint density at radius 3 is 2.20 bits per heavy atom. The highest BCUT2D eigenvalue weighted by Gasteiger charge is 2.29. The van der Waals surface area contributed by atoms with Gasteiger partial charge in [-0.2, -0.15) is 0 Å². The van der Waals surface area contributed by atoms with Crippen LogP contribution in [0, 0.1) is 11.6 Å². The highest BCUT2D eigenvalue weighted by molar-refractivity contribution is 7.92. The predicted octanol–water partition coefficient (Wildman–Crippen LogP) is 6.27. The van der Waals surface area contributed by atoms with Crippen molar-refractivity contribution >= 4 is 37.1 Å². The van der Waals surface area contributed by atoms with E-state index in [1.54, 1.807) is 42.5 Å². The van der Waals surface area contributed by atoms with Gasteiger partial charge in [-0.1, -0.05) is 41.9 Å². The van der Waals surface area contributed by atoms with E-state index in [2.05, 4.69) is 0 Å². The number of benzene rings is 4. The number of methoxy groups -OCH3 is 1. The van der Waals surface area contributed by atoms with E-state index < -0.39 is 43.7 Å². The van der Waals surface area contributed by atoms with Crippen molar-refractivity contribution < 1.29 is 35.1 Å². The Hall–Kier alpha value is -3.67.